The van der Waals surface area contributed by atoms with Gasteiger partial charge >= 0.3 is 0 Å². The normalized spacial score (nSPS) is 16.0. The van der Waals surface area contributed by atoms with Crippen molar-refractivity contribution in [2.45, 2.75) is 29.9 Å². The van der Waals surface area contributed by atoms with Crippen LogP contribution in [0, 0.1) is 5.92 Å². The van der Waals surface area contributed by atoms with Crippen molar-refractivity contribution in [2.75, 3.05) is 26.7 Å². The Morgan fingerprint density at radius 2 is 1.85 bits per heavy atom. The van der Waals surface area contributed by atoms with Gasteiger partial charge in [0.25, 0.3) is 10.0 Å². The summed E-state index contributed by atoms with van der Waals surface area (Å²) in [5, 5.41) is 1.72. The van der Waals surface area contributed by atoms with Gasteiger partial charge in [0.1, 0.15) is 4.21 Å². The molecule has 1 fully saturated rings. The van der Waals surface area contributed by atoms with Crippen LogP contribution in [0.5, 0.6) is 0 Å². The van der Waals surface area contributed by atoms with Gasteiger partial charge < -0.3 is 4.90 Å². The number of amides is 1. The highest BCUT2D eigenvalue weighted by molar-refractivity contribution is 7.91. The Kier molecular flexibility index (Phi) is 6.68. The minimum atomic E-state index is -3.58. The first kappa shape index (κ1) is 20.0. The smallest absolute Gasteiger partial charge is 0.252 e. The Labute approximate surface area is 165 Å². The van der Waals surface area contributed by atoms with Crippen LogP contribution in [0.2, 0.25) is 0 Å². The maximum atomic E-state index is 12.5. The fourth-order valence-electron chi connectivity index (χ4n) is 3.43. The van der Waals surface area contributed by atoms with Crippen molar-refractivity contribution in [1.29, 1.82) is 0 Å². The molecule has 2 aromatic rings. The maximum absolute atomic E-state index is 12.5. The molecule has 0 spiro atoms. The average molecular weight is 407 g/mol. The summed E-state index contributed by atoms with van der Waals surface area (Å²) < 4.78 is 26.3. The number of piperidine rings is 1. The van der Waals surface area contributed by atoms with Gasteiger partial charge in [-0.3, -0.25) is 4.79 Å². The summed E-state index contributed by atoms with van der Waals surface area (Å²) in [6.45, 7) is 1.32. The summed E-state index contributed by atoms with van der Waals surface area (Å²) in [4.78, 5) is 14.3. The number of sulfonamides is 1. The lowest BCUT2D eigenvalue weighted by Gasteiger charge is -2.33. The van der Waals surface area contributed by atoms with Gasteiger partial charge in [0.15, 0.2) is 0 Å². The number of carbonyl (C=O) groups is 1. The van der Waals surface area contributed by atoms with Gasteiger partial charge in [-0.05, 0) is 48.6 Å². The molecular formula is C20H26N2O3S2. The standard InChI is InChI=1S/C20H26N2O3S2/c1-21(27(24,25)20-8-5-15-26-20)16-19(23)22-13-11-18(12-14-22)10-9-17-6-3-2-4-7-17/h2-8,15,18H,9-14,16H2,1H3. The number of benzene rings is 1. The van der Waals surface area contributed by atoms with Crippen LogP contribution in [0.25, 0.3) is 0 Å². The van der Waals surface area contributed by atoms with Crippen molar-refractivity contribution in [3.05, 3.63) is 53.4 Å². The summed E-state index contributed by atoms with van der Waals surface area (Å²) in [6.07, 6.45) is 4.18. The third-order valence-electron chi connectivity index (χ3n) is 5.17. The monoisotopic (exact) mass is 406 g/mol. The molecule has 5 nitrogen and oxygen atoms in total. The van der Waals surface area contributed by atoms with E-state index in [9.17, 15) is 13.2 Å². The molecule has 1 aliphatic heterocycles. The van der Waals surface area contributed by atoms with Gasteiger partial charge in [0.05, 0.1) is 6.54 Å². The van der Waals surface area contributed by atoms with E-state index in [1.807, 2.05) is 6.07 Å². The van der Waals surface area contributed by atoms with Crippen LogP contribution < -0.4 is 0 Å². The third kappa shape index (κ3) is 5.18. The van der Waals surface area contributed by atoms with Gasteiger partial charge in [-0.1, -0.05) is 36.4 Å². The number of likely N-dealkylation sites (tertiary alicyclic amines) is 1. The Bertz CT molecular complexity index is 827. The molecular weight excluding hydrogens is 380 g/mol. The molecule has 0 atom stereocenters. The largest absolute Gasteiger partial charge is 0.342 e. The predicted octanol–water partition coefficient (Wildman–Crippen LogP) is 3.24. The van der Waals surface area contributed by atoms with Gasteiger partial charge in [0, 0.05) is 20.1 Å². The SMILES string of the molecule is CN(CC(=O)N1CCC(CCc2ccccc2)CC1)S(=O)(=O)c1cccs1. The zero-order valence-electron chi connectivity index (χ0n) is 15.6. The van der Waals surface area contributed by atoms with Gasteiger partial charge in [-0.2, -0.15) is 4.31 Å². The maximum Gasteiger partial charge on any atom is 0.252 e. The predicted molar refractivity (Wildman–Crippen MR) is 108 cm³/mol. The van der Waals surface area contributed by atoms with Crippen LogP contribution in [0.3, 0.4) is 0 Å². The first-order chi connectivity index (χ1) is 13.0. The van der Waals surface area contributed by atoms with Gasteiger partial charge in [-0.15, -0.1) is 11.3 Å². The summed E-state index contributed by atoms with van der Waals surface area (Å²) in [5.74, 6) is 0.515. The van der Waals surface area contributed by atoms with Crippen molar-refractivity contribution in [3.63, 3.8) is 0 Å². The van der Waals surface area contributed by atoms with Crippen molar-refractivity contribution < 1.29 is 13.2 Å². The summed E-state index contributed by atoms with van der Waals surface area (Å²) in [7, 11) is -2.10. The number of thiophene rings is 1. The molecule has 7 heteroatoms. The highest BCUT2D eigenvalue weighted by Gasteiger charge is 2.28. The van der Waals surface area contributed by atoms with Crippen molar-refractivity contribution in [3.8, 4) is 0 Å². The minimum absolute atomic E-state index is 0.102. The van der Waals surface area contributed by atoms with Crippen LogP contribution in [-0.2, 0) is 21.2 Å². The zero-order chi connectivity index (χ0) is 19.3. The van der Waals surface area contributed by atoms with E-state index >= 15 is 0 Å². The molecule has 1 aliphatic rings. The molecule has 1 aromatic carbocycles. The van der Waals surface area contributed by atoms with E-state index in [1.165, 1.54) is 23.9 Å². The molecule has 1 aromatic heterocycles. The molecule has 1 amide bonds. The van der Waals surface area contributed by atoms with E-state index in [-0.39, 0.29) is 16.7 Å². The Morgan fingerprint density at radius 1 is 1.15 bits per heavy atom. The fraction of sp³-hybridized carbons (Fsp3) is 0.450. The fourth-order valence-corrected chi connectivity index (χ4v) is 5.75. The van der Waals surface area contributed by atoms with Gasteiger partial charge in [-0.25, -0.2) is 8.42 Å². The van der Waals surface area contributed by atoms with Crippen molar-refractivity contribution in [2.24, 2.45) is 5.92 Å². The molecule has 2 heterocycles. The lowest BCUT2D eigenvalue weighted by atomic mass is 9.90. The number of likely N-dealkylation sites (N-methyl/N-ethyl adjacent to an activating group) is 1. The van der Waals surface area contributed by atoms with E-state index in [2.05, 4.69) is 24.3 Å². The number of aryl methyl sites for hydroxylation is 1. The summed E-state index contributed by atoms with van der Waals surface area (Å²) in [5.41, 5.74) is 1.36. The average Bonchev–Trinajstić information content (AvgIpc) is 3.23. The quantitative estimate of drug-likeness (QED) is 0.709. The van der Waals surface area contributed by atoms with Crippen LogP contribution in [0.15, 0.2) is 52.1 Å². The number of nitrogens with zero attached hydrogens (tertiary/aromatic N) is 2. The van der Waals surface area contributed by atoms with Crippen LogP contribution in [0.1, 0.15) is 24.8 Å². The van der Waals surface area contributed by atoms with E-state index in [0.29, 0.717) is 19.0 Å². The molecule has 3 rings (SSSR count). The minimum Gasteiger partial charge on any atom is -0.342 e. The molecule has 0 aliphatic carbocycles. The second kappa shape index (κ2) is 8.99. The highest BCUT2D eigenvalue weighted by atomic mass is 32.2. The van der Waals surface area contributed by atoms with Gasteiger partial charge in [0.2, 0.25) is 5.91 Å². The van der Waals surface area contributed by atoms with E-state index < -0.39 is 10.0 Å². The van der Waals surface area contributed by atoms with Crippen molar-refractivity contribution >= 4 is 27.3 Å². The lowest BCUT2D eigenvalue weighted by Crippen LogP contribution is -2.44. The Balaban J connectivity index is 1.46. The summed E-state index contributed by atoms with van der Waals surface area (Å²) >= 11 is 1.17. The third-order valence-corrected chi connectivity index (χ3v) is 8.35. The number of rotatable bonds is 7. The van der Waals surface area contributed by atoms with E-state index in [0.717, 1.165) is 30.0 Å². The second-order valence-corrected chi connectivity index (χ2v) is 10.3. The van der Waals surface area contributed by atoms with Crippen LogP contribution >= 0.6 is 11.3 Å². The van der Waals surface area contributed by atoms with Crippen LogP contribution in [0.4, 0.5) is 0 Å². The highest BCUT2D eigenvalue weighted by Crippen LogP contribution is 2.23. The number of hydrogen-bond acceptors (Lipinski definition) is 4. The first-order valence-electron chi connectivity index (χ1n) is 9.28. The molecule has 0 bridgehead atoms. The zero-order valence-corrected chi connectivity index (χ0v) is 17.2. The molecule has 0 radical (unpaired) electrons. The van der Waals surface area contributed by atoms with Crippen molar-refractivity contribution in [1.82, 2.24) is 9.21 Å². The first-order valence-corrected chi connectivity index (χ1v) is 11.6. The lowest BCUT2D eigenvalue weighted by molar-refractivity contribution is -0.132. The topological polar surface area (TPSA) is 57.7 Å². The Morgan fingerprint density at radius 3 is 2.48 bits per heavy atom. The number of hydrogen-bond donors (Lipinski definition) is 0. The summed E-state index contributed by atoms with van der Waals surface area (Å²) in [6, 6.07) is 13.7. The molecule has 27 heavy (non-hydrogen) atoms. The van der Waals surface area contributed by atoms with Crippen LogP contribution in [-0.4, -0.2) is 50.2 Å². The van der Waals surface area contributed by atoms with E-state index in [1.54, 1.807) is 22.4 Å². The second-order valence-electron chi connectivity index (χ2n) is 7.04. The molecule has 1 saturated heterocycles. The van der Waals surface area contributed by atoms with E-state index in [4.69, 9.17) is 0 Å². The molecule has 0 unspecified atom stereocenters. The molecule has 0 saturated carbocycles. The molecule has 146 valence electrons. The Hall–Kier alpha value is -1.70. The number of carbonyl (C=O) groups excluding carboxylic acids is 1. The molecule has 0 N–H and O–H groups in total.